The minimum atomic E-state index is 0.174. The summed E-state index contributed by atoms with van der Waals surface area (Å²) in [6.07, 6.45) is 5.04. The molecule has 0 unspecified atom stereocenters. The third-order valence-corrected chi connectivity index (χ3v) is 2.89. The van der Waals surface area contributed by atoms with Crippen LogP contribution in [0.3, 0.4) is 0 Å². The Bertz CT molecular complexity index is 173. The number of rotatable bonds is 0. The fourth-order valence-electron chi connectivity index (χ4n) is 2.08. The van der Waals surface area contributed by atoms with Crippen LogP contribution in [-0.2, 0) is 4.79 Å². The van der Waals surface area contributed by atoms with Gasteiger partial charge < -0.3 is 11.1 Å². The van der Waals surface area contributed by atoms with Crippen molar-refractivity contribution in [3.8, 4) is 0 Å². The van der Waals surface area contributed by atoms with Gasteiger partial charge in [0, 0.05) is 18.0 Å². The second kappa shape index (κ2) is 2.21. The van der Waals surface area contributed by atoms with Crippen molar-refractivity contribution in [3.05, 3.63) is 0 Å². The Morgan fingerprint density at radius 3 is 2.45 bits per heavy atom. The van der Waals surface area contributed by atoms with Crippen LogP contribution in [0.2, 0.25) is 0 Å². The Kier molecular flexibility index (Phi) is 1.42. The van der Waals surface area contributed by atoms with Crippen molar-refractivity contribution >= 4 is 5.91 Å². The predicted molar refractivity (Wildman–Crippen MR) is 41.9 cm³/mol. The molecule has 0 aromatic carbocycles. The first-order valence-corrected chi connectivity index (χ1v) is 4.27. The van der Waals surface area contributed by atoms with Gasteiger partial charge in [-0.15, -0.1) is 0 Å². The maximum absolute atomic E-state index is 10.7. The van der Waals surface area contributed by atoms with Crippen molar-refractivity contribution in [2.75, 3.05) is 0 Å². The molecule has 1 saturated heterocycles. The number of carbonyl (C=O) groups is 1. The summed E-state index contributed by atoms with van der Waals surface area (Å²) in [7, 11) is 0. The molecule has 0 aromatic rings. The number of nitrogens with one attached hydrogen (secondary N) is 1. The monoisotopic (exact) mass is 154 g/mol. The summed E-state index contributed by atoms with van der Waals surface area (Å²) in [4.78, 5) is 10.7. The van der Waals surface area contributed by atoms with Crippen LogP contribution in [0.5, 0.6) is 0 Å². The van der Waals surface area contributed by atoms with Crippen molar-refractivity contribution in [1.29, 1.82) is 0 Å². The van der Waals surface area contributed by atoms with Gasteiger partial charge in [-0.05, 0) is 25.7 Å². The SMILES string of the molecule is NC1CCC2(CC1)CC(=O)N2. The number of β-lactam (4-membered cyclic amide) rings is 1. The van der Waals surface area contributed by atoms with Gasteiger partial charge in [-0.1, -0.05) is 0 Å². The number of nitrogens with two attached hydrogens (primary N) is 1. The lowest BCUT2D eigenvalue weighted by molar-refractivity contribution is -0.134. The maximum Gasteiger partial charge on any atom is 0.222 e. The highest BCUT2D eigenvalue weighted by Gasteiger charge is 2.44. The van der Waals surface area contributed by atoms with Crippen molar-refractivity contribution in [2.24, 2.45) is 5.73 Å². The summed E-state index contributed by atoms with van der Waals surface area (Å²) >= 11 is 0. The highest BCUT2D eigenvalue weighted by atomic mass is 16.2. The number of hydrogen-bond acceptors (Lipinski definition) is 2. The van der Waals surface area contributed by atoms with Crippen LogP contribution in [0.15, 0.2) is 0 Å². The smallest absolute Gasteiger partial charge is 0.222 e. The van der Waals surface area contributed by atoms with Crippen molar-refractivity contribution < 1.29 is 4.79 Å². The van der Waals surface area contributed by atoms with Crippen molar-refractivity contribution in [1.82, 2.24) is 5.32 Å². The second-order valence-corrected chi connectivity index (χ2v) is 3.84. The lowest BCUT2D eigenvalue weighted by Gasteiger charge is -2.46. The molecule has 1 aliphatic heterocycles. The Labute approximate surface area is 66.3 Å². The van der Waals surface area contributed by atoms with Gasteiger partial charge in [-0.3, -0.25) is 4.79 Å². The molecule has 1 amide bonds. The summed E-state index contributed by atoms with van der Waals surface area (Å²) in [5, 5.41) is 2.98. The van der Waals surface area contributed by atoms with E-state index in [4.69, 9.17) is 5.73 Å². The Morgan fingerprint density at radius 2 is 2.00 bits per heavy atom. The standard InChI is InChI=1S/C8H14N2O/c9-6-1-3-8(4-2-6)5-7(11)10-8/h6H,1-5,9H2,(H,10,11). The van der Waals surface area contributed by atoms with Crippen LogP contribution in [0.4, 0.5) is 0 Å². The molecule has 1 heterocycles. The molecule has 11 heavy (non-hydrogen) atoms. The molecular formula is C8H14N2O. The summed E-state index contributed by atoms with van der Waals surface area (Å²) in [5.41, 5.74) is 5.93. The largest absolute Gasteiger partial charge is 0.350 e. The summed E-state index contributed by atoms with van der Waals surface area (Å²) in [5.74, 6) is 0.209. The predicted octanol–water partition coefficient (Wildman–Crippen LogP) is 0.146. The molecule has 0 aromatic heterocycles. The number of amides is 1. The van der Waals surface area contributed by atoms with Crippen LogP contribution in [0.1, 0.15) is 32.1 Å². The van der Waals surface area contributed by atoms with Crippen LogP contribution in [-0.4, -0.2) is 17.5 Å². The Balaban J connectivity index is 1.92. The minimum Gasteiger partial charge on any atom is -0.350 e. The van der Waals surface area contributed by atoms with E-state index in [1.165, 1.54) is 0 Å². The average Bonchev–Trinajstić information content (AvgIpc) is 1.92. The van der Waals surface area contributed by atoms with Crippen LogP contribution in [0, 0.1) is 0 Å². The molecule has 0 atom stereocenters. The molecule has 3 N–H and O–H groups in total. The Hall–Kier alpha value is -0.570. The van der Waals surface area contributed by atoms with E-state index in [-0.39, 0.29) is 11.4 Å². The first-order chi connectivity index (χ1) is 5.20. The van der Waals surface area contributed by atoms with E-state index in [1.54, 1.807) is 0 Å². The topological polar surface area (TPSA) is 55.1 Å². The second-order valence-electron chi connectivity index (χ2n) is 3.84. The van der Waals surface area contributed by atoms with Gasteiger partial charge in [0.2, 0.25) is 5.91 Å². The first-order valence-electron chi connectivity index (χ1n) is 4.27. The van der Waals surface area contributed by atoms with E-state index in [0.29, 0.717) is 6.04 Å². The zero-order chi connectivity index (χ0) is 7.90. The summed E-state index contributed by atoms with van der Waals surface area (Å²) in [6.45, 7) is 0. The molecule has 2 rings (SSSR count). The fourth-order valence-corrected chi connectivity index (χ4v) is 2.08. The van der Waals surface area contributed by atoms with Gasteiger partial charge >= 0.3 is 0 Å². The molecule has 1 saturated carbocycles. The normalized spacial score (nSPS) is 43.4. The highest BCUT2D eigenvalue weighted by Crippen LogP contribution is 2.35. The molecule has 3 nitrogen and oxygen atoms in total. The molecule has 1 aliphatic carbocycles. The van der Waals surface area contributed by atoms with Gasteiger partial charge in [-0.25, -0.2) is 0 Å². The zero-order valence-corrected chi connectivity index (χ0v) is 6.60. The van der Waals surface area contributed by atoms with Gasteiger partial charge in [-0.2, -0.15) is 0 Å². The first kappa shape index (κ1) is 7.10. The quantitative estimate of drug-likeness (QED) is 0.488. The molecular weight excluding hydrogens is 140 g/mol. The van der Waals surface area contributed by atoms with Crippen LogP contribution in [0.25, 0.3) is 0 Å². The van der Waals surface area contributed by atoms with E-state index < -0.39 is 0 Å². The highest BCUT2D eigenvalue weighted by molar-refractivity contribution is 5.84. The van der Waals surface area contributed by atoms with E-state index in [0.717, 1.165) is 32.1 Å². The fraction of sp³-hybridized carbons (Fsp3) is 0.875. The van der Waals surface area contributed by atoms with Crippen molar-refractivity contribution in [2.45, 2.75) is 43.7 Å². The zero-order valence-electron chi connectivity index (χ0n) is 6.60. The van der Waals surface area contributed by atoms with Crippen molar-refractivity contribution in [3.63, 3.8) is 0 Å². The molecule has 1 spiro atoms. The maximum atomic E-state index is 10.7. The lowest BCUT2D eigenvalue weighted by Crippen LogP contribution is -2.63. The van der Waals surface area contributed by atoms with Crippen LogP contribution >= 0.6 is 0 Å². The van der Waals surface area contributed by atoms with E-state index in [9.17, 15) is 4.79 Å². The lowest BCUT2D eigenvalue weighted by atomic mass is 9.73. The molecule has 2 fully saturated rings. The Morgan fingerprint density at radius 1 is 1.45 bits per heavy atom. The van der Waals surface area contributed by atoms with Gasteiger partial charge in [0.1, 0.15) is 0 Å². The van der Waals surface area contributed by atoms with E-state index >= 15 is 0 Å². The van der Waals surface area contributed by atoms with Gasteiger partial charge in [0.15, 0.2) is 0 Å². The minimum absolute atomic E-state index is 0.174. The average molecular weight is 154 g/mol. The molecule has 2 aliphatic rings. The summed E-state index contributed by atoms with van der Waals surface area (Å²) < 4.78 is 0. The van der Waals surface area contributed by atoms with Crippen LogP contribution < -0.4 is 11.1 Å². The molecule has 62 valence electrons. The summed E-state index contributed by atoms with van der Waals surface area (Å²) in [6, 6.07) is 0.373. The third kappa shape index (κ3) is 1.13. The number of hydrogen-bond donors (Lipinski definition) is 2. The number of carbonyl (C=O) groups excluding carboxylic acids is 1. The van der Waals surface area contributed by atoms with E-state index in [1.807, 2.05) is 0 Å². The third-order valence-electron chi connectivity index (χ3n) is 2.89. The van der Waals surface area contributed by atoms with Gasteiger partial charge in [0.25, 0.3) is 0 Å². The van der Waals surface area contributed by atoms with Gasteiger partial charge in [0.05, 0.1) is 0 Å². The molecule has 3 heteroatoms. The van der Waals surface area contributed by atoms with E-state index in [2.05, 4.69) is 5.32 Å². The molecule has 0 radical (unpaired) electrons. The molecule has 0 bridgehead atoms.